The van der Waals surface area contributed by atoms with E-state index in [1.165, 1.54) is 29.5 Å². The molecule has 2 nitrogen and oxygen atoms in total. The van der Waals surface area contributed by atoms with Crippen LogP contribution in [0.3, 0.4) is 0 Å². The van der Waals surface area contributed by atoms with Crippen LogP contribution < -0.4 is 0 Å². The van der Waals surface area contributed by atoms with Gasteiger partial charge in [-0.25, -0.2) is 0 Å². The Morgan fingerprint density at radius 3 is 2.14 bits per heavy atom. The fourth-order valence-corrected chi connectivity index (χ4v) is 1.51. The smallest absolute Gasteiger partial charge is 0 e. The van der Waals surface area contributed by atoms with Crippen molar-refractivity contribution in [1.29, 1.82) is 0 Å². The summed E-state index contributed by atoms with van der Waals surface area (Å²) < 4.78 is 1.33. The maximum absolute atomic E-state index is 5.22. The van der Waals surface area contributed by atoms with Crippen molar-refractivity contribution in [1.82, 2.24) is 4.90 Å². The Balaban J connectivity index is -0.000000167. The van der Waals surface area contributed by atoms with Crippen molar-refractivity contribution >= 4 is 9.73 Å². The molecule has 1 radical (unpaired) electrons. The van der Waals surface area contributed by atoms with Crippen LogP contribution in [0.25, 0.3) is 0 Å². The van der Waals surface area contributed by atoms with Gasteiger partial charge in [0, 0.05) is 32.7 Å². The van der Waals surface area contributed by atoms with Crippen LogP contribution >= 0.6 is 0 Å². The van der Waals surface area contributed by atoms with E-state index in [0.717, 1.165) is 12.3 Å². The molecule has 0 N–H and O–H groups in total. The van der Waals surface area contributed by atoms with E-state index in [1.54, 1.807) is 0 Å². The number of rotatable bonds is 3. The molecular weight excluding hydrogens is 421 g/mol. The molecule has 0 fully saturated rings. The molecule has 0 amide bonds. The van der Waals surface area contributed by atoms with Gasteiger partial charge in [-0.3, -0.25) is 0 Å². The van der Waals surface area contributed by atoms with E-state index in [1.807, 2.05) is 19.0 Å². The summed E-state index contributed by atoms with van der Waals surface area (Å²) in [4.78, 5) is 6.05. The second-order valence-corrected chi connectivity index (χ2v) is 4.04. The standard InChI is InChI=1S/C8H13N2.CH4.CH3.W.Y/c1-5-7-8(9-6-2)10(3)4;;;;/h2,6H,5H2,1,3-4H3;1H4;1H3;;/q-1;;-1;;. The third-order valence-corrected chi connectivity index (χ3v) is 2.88. The van der Waals surface area contributed by atoms with E-state index in [2.05, 4.69) is 11.9 Å². The minimum Gasteiger partial charge on any atom is -0.358 e. The largest absolute Gasteiger partial charge is 0.358 e. The molecule has 0 bridgehead atoms. The quantitative estimate of drug-likeness (QED) is 0.373. The van der Waals surface area contributed by atoms with E-state index < -0.39 is 0 Å². The third-order valence-electron chi connectivity index (χ3n) is 1.19. The molecule has 0 saturated heterocycles. The van der Waals surface area contributed by atoms with Crippen LogP contribution in [-0.4, -0.2) is 28.7 Å². The molecule has 0 unspecified atom stereocenters. The van der Waals surface area contributed by atoms with Gasteiger partial charge in [0.15, 0.2) is 0 Å². The average molecular weight is 441 g/mol. The molecule has 0 aliphatic rings. The second kappa shape index (κ2) is 13.9. The fraction of sp³-hybridized carbons (Fsp3) is 0.500. The van der Waals surface area contributed by atoms with E-state index in [9.17, 15) is 0 Å². The van der Waals surface area contributed by atoms with Gasteiger partial charge in [0.05, 0.1) is 0 Å². The number of nitrogens with zero attached hydrogens (tertiary/aromatic N) is 2. The molecule has 4 heteroatoms. The Labute approximate surface area is 126 Å². The van der Waals surface area contributed by atoms with Crippen molar-refractivity contribution in [2.24, 2.45) is 4.99 Å². The summed E-state index contributed by atoms with van der Waals surface area (Å²) in [6.07, 6.45) is 2.38. The Hall–Kier alpha value is 0.872. The molecule has 0 saturated carbocycles. The molecule has 0 spiro atoms. The molecule has 14 heavy (non-hydrogen) atoms. The van der Waals surface area contributed by atoms with Crippen LogP contribution in [-0.2, 0) is 52.1 Å². The van der Waals surface area contributed by atoms with Gasteiger partial charge < -0.3 is 7.43 Å². The summed E-state index contributed by atoms with van der Waals surface area (Å²) in [6, 6.07) is 0. The van der Waals surface area contributed by atoms with Crippen LogP contribution in [0, 0.1) is 14.0 Å². The monoisotopic (exact) mass is 441 g/mol. The van der Waals surface area contributed by atoms with Crippen molar-refractivity contribution in [2.45, 2.75) is 20.8 Å². The summed E-state index contributed by atoms with van der Waals surface area (Å²) in [5.74, 6) is 0.991. The van der Waals surface area contributed by atoms with E-state index >= 15 is 0 Å². The van der Waals surface area contributed by atoms with Crippen molar-refractivity contribution in [3.05, 3.63) is 20.2 Å². The minimum atomic E-state index is 0. The zero-order valence-electron chi connectivity index (χ0n) is 8.74. The molecule has 0 aliphatic heterocycles. The number of aliphatic imine (C=N–C) groups is 1. The molecule has 0 aliphatic carbocycles. The van der Waals surface area contributed by atoms with E-state index in [-0.39, 0.29) is 47.6 Å². The van der Waals surface area contributed by atoms with Gasteiger partial charge in [-0.05, 0) is 0 Å². The van der Waals surface area contributed by atoms with Crippen molar-refractivity contribution in [3.63, 3.8) is 0 Å². The summed E-state index contributed by atoms with van der Waals surface area (Å²) in [7, 11) is 3.95. The second-order valence-electron chi connectivity index (χ2n) is 2.27. The number of hydrogen-bond acceptors (Lipinski definition) is 1. The molecule has 0 aromatic heterocycles. The Morgan fingerprint density at radius 1 is 1.50 bits per heavy atom. The van der Waals surface area contributed by atoms with E-state index in [4.69, 9.17) is 6.58 Å². The Morgan fingerprint density at radius 2 is 1.93 bits per heavy atom. The third kappa shape index (κ3) is 9.43. The van der Waals surface area contributed by atoms with Crippen LogP contribution in [0.1, 0.15) is 20.8 Å². The zero-order chi connectivity index (χ0) is 8.85. The number of amidine groups is 1. The first-order valence-corrected chi connectivity index (χ1v) is 4.91. The van der Waals surface area contributed by atoms with Crippen LogP contribution in [0.2, 0.25) is 0 Å². The molecule has 81 valence electrons. The minimum absolute atomic E-state index is 0. The Kier molecular flexibility index (Phi) is 24.0. The van der Waals surface area contributed by atoms with Gasteiger partial charge >= 0.3 is 79.2 Å². The summed E-state index contributed by atoms with van der Waals surface area (Å²) in [5.41, 5.74) is 0. The first-order chi connectivity index (χ1) is 5.13. The van der Waals surface area contributed by atoms with Crippen LogP contribution in [0.15, 0.2) is 11.2 Å². The summed E-state index contributed by atoms with van der Waals surface area (Å²) >= 11 is 1.46. The van der Waals surface area contributed by atoms with Gasteiger partial charge in [0.25, 0.3) is 0 Å². The number of hydrogen-bond donors (Lipinski definition) is 0. The van der Waals surface area contributed by atoms with Gasteiger partial charge in [0.2, 0.25) is 0 Å². The fourth-order valence-electron chi connectivity index (χ4n) is 0.666. The maximum atomic E-state index is 5.22. The van der Waals surface area contributed by atoms with Crippen LogP contribution in [0.5, 0.6) is 0 Å². The Bertz CT molecular complexity index is 189. The first-order valence-electron chi connectivity index (χ1n) is 3.45. The molecule has 0 aromatic rings. The van der Waals surface area contributed by atoms with Crippen molar-refractivity contribution < 1.29 is 52.1 Å². The molecule has 0 heterocycles. The summed E-state index contributed by atoms with van der Waals surface area (Å²) in [5, 5.41) is 0. The molecule has 0 aromatic carbocycles. The van der Waals surface area contributed by atoms with Gasteiger partial charge in [0.1, 0.15) is 0 Å². The molecular formula is C10H20N2WY-2. The predicted octanol–water partition coefficient (Wildman–Crippen LogP) is 2.11. The van der Waals surface area contributed by atoms with Crippen LogP contribution in [0.4, 0.5) is 0 Å². The zero-order valence-corrected chi connectivity index (χ0v) is 14.5. The van der Waals surface area contributed by atoms with Gasteiger partial charge in [-0.1, -0.05) is 7.43 Å². The van der Waals surface area contributed by atoms with E-state index in [0.29, 0.717) is 0 Å². The topological polar surface area (TPSA) is 15.6 Å². The maximum Gasteiger partial charge on any atom is 0 e. The SMILES string of the molecule is C.[CH-]=CN=C([C](=[W])CC)N(C)C.[CH3-].[Y]. The molecule has 0 atom stereocenters. The first kappa shape index (κ1) is 24.2. The summed E-state index contributed by atoms with van der Waals surface area (Å²) in [6.45, 7) is 7.34. The normalized spacial score (nSPS) is 8.64. The van der Waals surface area contributed by atoms with Gasteiger partial charge in [-0.2, -0.15) is 0 Å². The molecule has 0 rings (SSSR count). The average Bonchev–Trinajstić information content (AvgIpc) is 1.98. The van der Waals surface area contributed by atoms with Crippen molar-refractivity contribution in [3.8, 4) is 0 Å². The van der Waals surface area contributed by atoms with Crippen molar-refractivity contribution in [2.75, 3.05) is 14.1 Å². The van der Waals surface area contributed by atoms with Gasteiger partial charge in [-0.15, -0.1) is 0 Å². The predicted molar refractivity (Wildman–Crippen MR) is 58.4 cm³/mol.